The first-order valence-electron chi connectivity index (χ1n) is 10.3. The van der Waals surface area contributed by atoms with E-state index in [0.717, 1.165) is 44.9 Å². The molecule has 162 valence electrons. The van der Waals surface area contributed by atoms with Crippen molar-refractivity contribution in [2.75, 3.05) is 5.75 Å². The molecule has 0 aliphatic carbocycles. The summed E-state index contributed by atoms with van der Waals surface area (Å²) >= 11 is 1.16. The molecule has 1 N–H and O–H groups in total. The third-order valence-corrected chi connectivity index (χ3v) is 6.34. The van der Waals surface area contributed by atoms with Crippen LogP contribution in [-0.4, -0.2) is 32.6 Å². The number of benzene rings is 3. The van der Waals surface area contributed by atoms with Crippen LogP contribution in [0.3, 0.4) is 0 Å². The van der Waals surface area contributed by atoms with Gasteiger partial charge in [-0.15, -0.1) is 5.10 Å². The van der Waals surface area contributed by atoms with Crippen LogP contribution < -0.4 is 0 Å². The van der Waals surface area contributed by atoms with Crippen molar-refractivity contribution in [1.82, 2.24) is 4.98 Å². The van der Waals surface area contributed by atoms with Gasteiger partial charge in [-0.3, -0.25) is 9.78 Å². The second kappa shape index (κ2) is 8.96. The van der Waals surface area contributed by atoms with E-state index in [1.807, 2.05) is 36.4 Å². The molecule has 5 nitrogen and oxygen atoms in total. The second-order valence-corrected chi connectivity index (χ2v) is 8.66. The number of rotatable bonds is 5. The molecule has 0 amide bonds. The molecule has 0 saturated heterocycles. The number of aromatic nitrogens is 1. The van der Waals surface area contributed by atoms with Crippen LogP contribution in [0.2, 0.25) is 0 Å². The molecule has 0 saturated carbocycles. The Morgan fingerprint density at radius 2 is 1.70 bits per heavy atom. The lowest BCUT2D eigenvalue weighted by Crippen LogP contribution is -2.06. The van der Waals surface area contributed by atoms with Crippen LogP contribution in [-0.2, 0) is 4.79 Å². The number of carbonyl (C=O) groups is 1. The van der Waals surface area contributed by atoms with Gasteiger partial charge in [-0.05, 0) is 63.4 Å². The van der Waals surface area contributed by atoms with Crippen LogP contribution in [0.25, 0.3) is 33.0 Å². The highest BCUT2D eigenvalue weighted by Crippen LogP contribution is 2.32. The minimum Gasteiger partial charge on any atom is -0.481 e. The third kappa shape index (κ3) is 4.54. The van der Waals surface area contributed by atoms with Crippen molar-refractivity contribution < 1.29 is 14.3 Å². The first-order valence-corrected chi connectivity index (χ1v) is 11.3. The number of aliphatic carboxylic acids is 1. The van der Waals surface area contributed by atoms with Gasteiger partial charge >= 0.3 is 5.97 Å². The molecule has 0 spiro atoms. The average molecular weight is 456 g/mol. The van der Waals surface area contributed by atoms with E-state index in [1.165, 1.54) is 18.5 Å². The van der Waals surface area contributed by atoms with Gasteiger partial charge in [-0.2, -0.15) is 5.10 Å². The summed E-state index contributed by atoms with van der Waals surface area (Å²) in [5.41, 5.74) is 4.55. The molecule has 33 heavy (non-hydrogen) atoms. The van der Waals surface area contributed by atoms with Crippen LogP contribution in [0.15, 0.2) is 89.3 Å². The Morgan fingerprint density at radius 1 is 0.909 bits per heavy atom. The van der Waals surface area contributed by atoms with Crippen molar-refractivity contribution in [1.29, 1.82) is 0 Å². The Kier molecular flexibility index (Phi) is 5.71. The summed E-state index contributed by atoms with van der Waals surface area (Å²) in [5.74, 6) is -1.32. The van der Waals surface area contributed by atoms with Crippen molar-refractivity contribution >= 4 is 39.3 Å². The minimum absolute atomic E-state index is 0.0646. The molecule has 7 heteroatoms. The van der Waals surface area contributed by atoms with Gasteiger partial charge in [0.05, 0.1) is 11.5 Å². The number of hydrogen-bond acceptors (Lipinski definition) is 5. The van der Waals surface area contributed by atoms with Crippen molar-refractivity contribution in [3.05, 3.63) is 90.5 Å². The summed E-state index contributed by atoms with van der Waals surface area (Å²) in [7, 11) is 0. The summed E-state index contributed by atoms with van der Waals surface area (Å²) in [6.07, 6.45) is 3.38. The molecule has 1 aromatic heterocycles. The molecular formula is C26H18FN3O2S. The van der Waals surface area contributed by atoms with Gasteiger partial charge in [-0.1, -0.05) is 48.2 Å². The van der Waals surface area contributed by atoms with E-state index in [1.54, 1.807) is 0 Å². The van der Waals surface area contributed by atoms with E-state index >= 15 is 0 Å². The SMILES string of the molecule is O=C(O)CSC1=NN=C(c2cc(-c3ccc4ccccc4c3)cc(-c3cnccc3F)c2)C1. The van der Waals surface area contributed by atoms with Gasteiger partial charge in [0, 0.05) is 24.4 Å². The number of pyridine rings is 1. The fourth-order valence-corrected chi connectivity index (χ4v) is 4.42. The molecule has 0 radical (unpaired) electrons. The predicted molar refractivity (Wildman–Crippen MR) is 131 cm³/mol. The number of thioether (sulfide) groups is 1. The second-order valence-electron chi connectivity index (χ2n) is 7.62. The third-order valence-electron chi connectivity index (χ3n) is 5.39. The van der Waals surface area contributed by atoms with E-state index in [9.17, 15) is 9.18 Å². The Hall–Kier alpha value is -3.84. The van der Waals surface area contributed by atoms with E-state index in [2.05, 4.69) is 39.5 Å². The Bertz CT molecular complexity index is 1450. The van der Waals surface area contributed by atoms with Crippen molar-refractivity contribution in [3.8, 4) is 22.3 Å². The number of hydrogen-bond donors (Lipinski definition) is 1. The van der Waals surface area contributed by atoms with E-state index in [-0.39, 0.29) is 11.6 Å². The largest absolute Gasteiger partial charge is 0.481 e. The number of nitrogens with zero attached hydrogens (tertiary/aromatic N) is 3. The van der Waals surface area contributed by atoms with Gasteiger partial charge in [0.1, 0.15) is 10.9 Å². The molecule has 3 aromatic carbocycles. The lowest BCUT2D eigenvalue weighted by molar-refractivity contribution is -0.133. The zero-order valence-corrected chi connectivity index (χ0v) is 18.2. The van der Waals surface area contributed by atoms with Crippen LogP contribution in [0, 0.1) is 5.82 Å². The summed E-state index contributed by atoms with van der Waals surface area (Å²) in [4.78, 5) is 15.0. The number of halogens is 1. The average Bonchev–Trinajstić information content (AvgIpc) is 3.32. The fourth-order valence-electron chi connectivity index (χ4n) is 3.79. The molecule has 1 aliphatic heterocycles. The van der Waals surface area contributed by atoms with Crippen molar-refractivity contribution in [3.63, 3.8) is 0 Å². The quantitative estimate of drug-likeness (QED) is 0.399. The smallest absolute Gasteiger partial charge is 0.313 e. The van der Waals surface area contributed by atoms with Crippen LogP contribution in [0.1, 0.15) is 12.0 Å². The van der Waals surface area contributed by atoms with Gasteiger partial charge in [0.2, 0.25) is 0 Å². The van der Waals surface area contributed by atoms with Gasteiger partial charge in [-0.25, -0.2) is 4.39 Å². The molecular weight excluding hydrogens is 437 g/mol. The van der Waals surface area contributed by atoms with E-state index in [4.69, 9.17) is 5.11 Å². The van der Waals surface area contributed by atoms with E-state index < -0.39 is 5.97 Å². The van der Waals surface area contributed by atoms with Gasteiger partial charge < -0.3 is 5.11 Å². The monoisotopic (exact) mass is 455 g/mol. The molecule has 4 aromatic rings. The van der Waals surface area contributed by atoms with Gasteiger partial charge in [0.15, 0.2) is 0 Å². The zero-order valence-electron chi connectivity index (χ0n) is 17.4. The van der Waals surface area contributed by atoms with Crippen LogP contribution >= 0.6 is 11.8 Å². The van der Waals surface area contributed by atoms with Crippen LogP contribution in [0.5, 0.6) is 0 Å². The predicted octanol–water partition coefficient (Wildman–Crippen LogP) is 6.03. The summed E-state index contributed by atoms with van der Waals surface area (Å²) < 4.78 is 14.6. The Morgan fingerprint density at radius 3 is 2.52 bits per heavy atom. The van der Waals surface area contributed by atoms with E-state index in [0.29, 0.717) is 22.6 Å². The maximum atomic E-state index is 14.6. The van der Waals surface area contributed by atoms with Crippen molar-refractivity contribution in [2.24, 2.45) is 10.2 Å². The van der Waals surface area contributed by atoms with Crippen molar-refractivity contribution in [2.45, 2.75) is 6.42 Å². The lowest BCUT2D eigenvalue weighted by atomic mass is 9.93. The Balaban J connectivity index is 1.57. The number of carboxylic acid groups (broad SMARTS) is 1. The molecule has 0 bridgehead atoms. The first kappa shape index (κ1) is 21.0. The summed E-state index contributed by atoms with van der Waals surface area (Å²) in [5, 5.41) is 20.3. The highest BCUT2D eigenvalue weighted by molar-refractivity contribution is 8.14. The summed E-state index contributed by atoms with van der Waals surface area (Å²) in [6, 6.07) is 21.5. The molecule has 2 heterocycles. The van der Waals surface area contributed by atoms with Crippen LogP contribution in [0.4, 0.5) is 4.39 Å². The number of carboxylic acids is 1. The fraction of sp³-hybridized carbons (Fsp3) is 0.0769. The number of fused-ring (bicyclic) bond motifs is 1. The highest BCUT2D eigenvalue weighted by atomic mass is 32.2. The lowest BCUT2D eigenvalue weighted by Gasteiger charge is -2.12. The normalized spacial score (nSPS) is 13.1. The topological polar surface area (TPSA) is 74.9 Å². The summed E-state index contributed by atoms with van der Waals surface area (Å²) in [6.45, 7) is 0. The standard InChI is InChI=1S/C26H18FN3O2S/c27-23-7-8-28-14-22(23)20-10-19(18-6-5-16-3-1-2-4-17(16)9-18)11-21(12-20)24-13-25(30-29-24)33-15-26(31)32/h1-12,14H,13,15H2,(H,31,32). The maximum Gasteiger partial charge on any atom is 0.313 e. The molecule has 5 rings (SSSR count). The molecule has 0 atom stereocenters. The van der Waals surface area contributed by atoms with Gasteiger partial charge in [0.25, 0.3) is 0 Å². The zero-order chi connectivity index (χ0) is 22.8. The molecule has 0 fully saturated rings. The Labute approximate surface area is 193 Å². The maximum absolute atomic E-state index is 14.6. The molecule has 1 aliphatic rings. The minimum atomic E-state index is -0.899. The molecule has 0 unspecified atom stereocenters. The highest BCUT2D eigenvalue weighted by Gasteiger charge is 2.19. The first-order chi connectivity index (χ1) is 16.1.